The highest BCUT2D eigenvalue weighted by Gasteiger charge is 2.40. The lowest BCUT2D eigenvalue weighted by Crippen LogP contribution is -2.69. The van der Waals surface area contributed by atoms with Gasteiger partial charge in [-0.05, 0) is 39.6 Å². The lowest BCUT2D eigenvalue weighted by molar-refractivity contribution is -0.405. The van der Waals surface area contributed by atoms with Gasteiger partial charge in [-0.2, -0.15) is 0 Å². The quantitative estimate of drug-likeness (QED) is 0.0559. The van der Waals surface area contributed by atoms with Gasteiger partial charge >= 0.3 is 5.97 Å². The SMILES string of the molecule is C#CCOC[C@H](NC(=O)C(C)(C)CC(=O)C(C)(C)NC(=O)[C@@H]([NH3+])CCCN=[N+]=[N-])C(=O)CC(C)(C)C(=O)OC. The first-order chi connectivity index (χ1) is 17.9. The van der Waals surface area contributed by atoms with Gasteiger partial charge in [-0.1, -0.05) is 24.9 Å². The lowest BCUT2D eigenvalue weighted by Gasteiger charge is -2.31. The third-order valence-corrected chi connectivity index (χ3v) is 6.11. The van der Waals surface area contributed by atoms with Crippen LogP contribution in [0, 0.1) is 23.2 Å². The first kappa shape index (κ1) is 35.5. The second kappa shape index (κ2) is 15.8. The van der Waals surface area contributed by atoms with Gasteiger partial charge in [-0.3, -0.25) is 24.0 Å². The van der Waals surface area contributed by atoms with Crippen molar-refractivity contribution in [2.24, 2.45) is 15.9 Å². The van der Waals surface area contributed by atoms with Gasteiger partial charge in [-0.15, -0.1) is 6.42 Å². The van der Waals surface area contributed by atoms with E-state index in [-0.39, 0.29) is 32.6 Å². The maximum Gasteiger partial charge on any atom is 0.311 e. The lowest BCUT2D eigenvalue weighted by atomic mass is 9.80. The number of Topliss-reactive ketones (excluding diaryl/α,β-unsaturated/α-hetero) is 2. The summed E-state index contributed by atoms with van der Waals surface area (Å²) in [6, 6.07) is -1.78. The fourth-order valence-corrected chi connectivity index (χ4v) is 3.48. The van der Waals surface area contributed by atoms with Crippen LogP contribution in [-0.2, 0) is 33.4 Å². The monoisotopic (exact) mass is 551 g/mol. The van der Waals surface area contributed by atoms with E-state index in [1.54, 1.807) is 27.7 Å². The predicted molar refractivity (Wildman–Crippen MR) is 143 cm³/mol. The van der Waals surface area contributed by atoms with Gasteiger partial charge in [-0.25, -0.2) is 0 Å². The van der Waals surface area contributed by atoms with Crippen LogP contribution >= 0.6 is 0 Å². The van der Waals surface area contributed by atoms with E-state index < -0.39 is 57.8 Å². The van der Waals surface area contributed by atoms with Gasteiger partial charge in [0, 0.05) is 30.7 Å². The Morgan fingerprint density at radius 3 is 2.23 bits per heavy atom. The van der Waals surface area contributed by atoms with Crippen LogP contribution in [0.1, 0.15) is 67.2 Å². The van der Waals surface area contributed by atoms with Gasteiger partial charge in [0.1, 0.15) is 12.6 Å². The third kappa shape index (κ3) is 12.3. The number of carbonyl (C=O) groups is 5. The average Bonchev–Trinajstić information content (AvgIpc) is 2.84. The number of ketones is 2. The number of esters is 1. The Bertz CT molecular complexity index is 993. The number of carbonyl (C=O) groups excluding carboxylic acids is 5. The van der Waals surface area contributed by atoms with Crippen molar-refractivity contribution < 1.29 is 39.2 Å². The fraction of sp³-hybridized carbons (Fsp3) is 0.731. The molecular weight excluding hydrogens is 508 g/mol. The van der Waals surface area contributed by atoms with Crippen molar-refractivity contribution in [3.8, 4) is 12.3 Å². The molecule has 13 heteroatoms. The van der Waals surface area contributed by atoms with Crippen molar-refractivity contribution in [3.63, 3.8) is 0 Å². The summed E-state index contributed by atoms with van der Waals surface area (Å²) >= 11 is 0. The van der Waals surface area contributed by atoms with Gasteiger partial charge in [0.25, 0.3) is 5.91 Å². The molecule has 0 heterocycles. The van der Waals surface area contributed by atoms with Crippen LogP contribution in [0.3, 0.4) is 0 Å². The van der Waals surface area contributed by atoms with Crippen molar-refractivity contribution in [3.05, 3.63) is 10.4 Å². The second-order valence-electron chi connectivity index (χ2n) is 11.2. The van der Waals surface area contributed by atoms with Gasteiger partial charge < -0.3 is 25.8 Å². The van der Waals surface area contributed by atoms with Crippen molar-refractivity contribution in [1.82, 2.24) is 10.6 Å². The van der Waals surface area contributed by atoms with E-state index >= 15 is 0 Å². The van der Waals surface area contributed by atoms with Crippen LogP contribution in [0.25, 0.3) is 10.4 Å². The van der Waals surface area contributed by atoms with Crippen molar-refractivity contribution in [1.29, 1.82) is 0 Å². The molecule has 0 unspecified atom stereocenters. The number of nitrogens with one attached hydrogen (secondary N) is 2. The maximum absolute atomic E-state index is 13.2. The number of quaternary nitrogens is 1. The second-order valence-corrected chi connectivity index (χ2v) is 11.2. The minimum Gasteiger partial charge on any atom is -0.469 e. The summed E-state index contributed by atoms with van der Waals surface area (Å²) < 4.78 is 10.0. The average molecular weight is 552 g/mol. The molecule has 0 aliphatic rings. The number of amides is 2. The van der Waals surface area contributed by atoms with E-state index in [2.05, 4.69) is 32.3 Å². The first-order valence-electron chi connectivity index (χ1n) is 12.6. The number of methoxy groups -OCH3 is 1. The summed E-state index contributed by atoms with van der Waals surface area (Å²) in [7, 11) is 1.22. The normalized spacial score (nSPS) is 13.2. The molecule has 0 saturated heterocycles. The fourth-order valence-electron chi connectivity index (χ4n) is 3.48. The summed E-state index contributed by atoms with van der Waals surface area (Å²) in [6.45, 7) is 9.17. The number of ether oxygens (including phenoxy) is 2. The number of azide groups is 1. The van der Waals surface area contributed by atoms with Crippen LogP contribution in [0.15, 0.2) is 5.11 Å². The highest BCUT2D eigenvalue weighted by molar-refractivity contribution is 5.98. The summed E-state index contributed by atoms with van der Waals surface area (Å²) in [5.41, 5.74) is 8.43. The van der Waals surface area contributed by atoms with Crippen molar-refractivity contribution in [2.45, 2.75) is 84.8 Å². The summed E-state index contributed by atoms with van der Waals surface area (Å²) in [5, 5.41) is 8.71. The topological polar surface area (TPSA) is 204 Å². The summed E-state index contributed by atoms with van der Waals surface area (Å²) in [4.78, 5) is 66.6. The van der Waals surface area contributed by atoms with E-state index in [0.29, 0.717) is 12.8 Å². The molecule has 0 rings (SSSR count). The number of terminal acetylenes is 1. The summed E-state index contributed by atoms with van der Waals surface area (Å²) in [5.74, 6) is -0.210. The van der Waals surface area contributed by atoms with E-state index in [0.717, 1.165) is 0 Å². The molecule has 0 aliphatic heterocycles. The molecule has 0 bridgehead atoms. The number of rotatable bonds is 18. The third-order valence-electron chi connectivity index (χ3n) is 6.11. The number of nitrogens with zero attached hydrogens (tertiary/aromatic N) is 3. The van der Waals surface area contributed by atoms with Crippen LogP contribution in [0.5, 0.6) is 0 Å². The van der Waals surface area contributed by atoms with Gasteiger partial charge in [0.2, 0.25) is 5.91 Å². The first-order valence-corrected chi connectivity index (χ1v) is 12.6. The zero-order valence-electron chi connectivity index (χ0n) is 24.1. The van der Waals surface area contributed by atoms with E-state index in [1.807, 2.05) is 0 Å². The molecule has 0 fully saturated rings. The Morgan fingerprint density at radius 2 is 1.69 bits per heavy atom. The van der Waals surface area contributed by atoms with Gasteiger partial charge in [0.15, 0.2) is 17.6 Å². The Balaban J connectivity index is 5.43. The molecule has 218 valence electrons. The standard InChI is InChI=1S/C26H42N6O7/c1-9-13-39-16-18(19(33)14-25(4,5)23(37)38-8)30-22(36)24(2,3)15-20(34)26(6,7)31-21(35)17(27)11-10-12-29-32-28/h1,17-18H,10-16,27H2,2-8H3,(H,30,36)(H,31,35)/p+1/t17-,18-/m0/s1. The van der Waals surface area contributed by atoms with Crippen LogP contribution in [0.2, 0.25) is 0 Å². The molecule has 2 amide bonds. The maximum atomic E-state index is 13.2. The molecule has 0 aromatic carbocycles. The van der Waals surface area contributed by atoms with E-state index in [4.69, 9.17) is 21.4 Å². The van der Waals surface area contributed by atoms with Gasteiger partial charge in [0.05, 0.1) is 30.1 Å². The Hall–Kier alpha value is -3.46. The number of hydrogen-bond acceptors (Lipinski definition) is 8. The minimum atomic E-state index is -1.30. The smallest absolute Gasteiger partial charge is 0.311 e. The van der Waals surface area contributed by atoms with E-state index in [1.165, 1.54) is 21.0 Å². The molecule has 0 aliphatic carbocycles. The molecule has 0 aromatic heterocycles. The molecule has 5 N–H and O–H groups in total. The Kier molecular flexibility index (Phi) is 14.4. The zero-order valence-corrected chi connectivity index (χ0v) is 24.1. The molecule has 39 heavy (non-hydrogen) atoms. The Labute approximate surface area is 229 Å². The number of hydrogen-bond donors (Lipinski definition) is 3. The molecule has 2 atom stereocenters. The molecule has 0 saturated carbocycles. The molecule has 13 nitrogen and oxygen atoms in total. The van der Waals surface area contributed by atoms with Crippen LogP contribution < -0.4 is 16.4 Å². The highest BCUT2D eigenvalue weighted by Crippen LogP contribution is 2.26. The minimum absolute atomic E-state index is 0.0887. The van der Waals surface area contributed by atoms with Crippen molar-refractivity contribution >= 4 is 29.4 Å². The molecule has 0 aromatic rings. The molecule has 0 radical (unpaired) electrons. The summed E-state index contributed by atoms with van der Waals surface area (Å²) in [6.07, 6.45) is 5.57. The predicted octanol–water partition coefficient (Wildman–Crippen LogP) is 0.861. The van der Waals surface area contributed by atoms with Crippen LogP contribution in [-0.4, -0.2) is 73.8 Å². The molecule has 0 spiro atoms. The molecular formula is C26H43N6O7+. The zero-order chi connectivity index (χ0) is 30.4. The van der Waals surface area contributed by atoms with E-state index in [9.17, 15) is 24.0 Å². The highest BCUT2D eigenvalue weighted by atomic mass is 16.5. The van der Waals surface area contributed by atoms with Crippen LogP contribution in [0.4, 0.5) is 0 Å². The largest absolute Gasteiger partial charge is 0.469 e. The van der Waals surface area contributed by atoms with Crippen molar-refractivity contribution in [2.75, 3.05) is 26.9 Å². The Morgan fingerprint density at radius 1 is 1.08 bits per heavy atom.